The fourth-order valence-corrected chi connectivity index (χ4v) is 6.49. The van der Waals surface area contributed by atoms with E-state index in [9.17, 15) is 9.90 Å². The minimum atomic E-state index is -0.801. The van der Waals surface area contributed by atoms with Crippen LogP contribution in [0.3, 0.4) is 0 Å². The van der Waals surface area contributed by atoms with Crippen LogP contribution in [0.25, 0.3) is 0 Å². The highest BCUT2D eigenvalue weighted by Crippen LogP contribution is 2.72. The summed E-state index contributed by atoms with van der Waals surface area (Å²) in [5, 5.41) is 10.8. The van der Waals surface area contributed by atoms with Crippen molar-refractivity contribution in [1.29, 1.82) is 0 Å². The van der Waals surface area contributed by atoms with Crippen molar-refractivity contribution < 1.29 is 19.4 Å². The quantitative estimate of drug-likeness (QED) is 0.615. The number of alkyl halides is 1. The van der Waals surface area contributed by atoms with E-state index in [2.05, 4.69) is 15.9 Å². The Labute approximate surface area is 121 Å². The number of hydrogen-bond donors (Lipinski definition) is 1. The molecule has 8 atom stereocenters. The molecule has 1 aliphatic heterocycles. The highest BCUT2D eigenvalue weighted by atomic mass is 79.9. The second kappa shape index (κ2) is 3.55. The average molecular weight is 331 g/mol. The lowest BCUT2D eigenvalue weighted by atomic mass is 9.69. The van der Waals surface area contributed by atoms with E-state index >= 15 is 0 Å². The van der Waals surface area contributed by atoms with E-state index in [4.69, 9.17) is 9.47 Å². The molecule has 0 aromatic carbocycles. The molecule has 1 N–H and O–H groups in total. The molecule has 1 heterocycles. The van der Waals surface area contributed by atoms with Crippen molar-refractivity contribution in [2.75, 3.05) is 6.61 Å². The lowest BCUT2D eigenvalue weighted by Gasteiger charge is -2.41. The molecule has 5 heteroatoms. The molecular formula is C14H19BrO4. The summed E-state index contributed by atoms with van der Waals surface area (Å²) in [6.45, 7) is 4.51. The normalized spacial score (nSPS) is 61.6. The van der Waals surface area contributed by atoms with E-state index in [-0.39, 0.29) is 40.3 Å². The number of halogens is 1. The largest absolute Gasteiger partial charge is 0.462 e. The number of aliphatic hydroxyl groups is 1. The first-order chi connectivity index (χ1) is 8.93. The monoisotopic (exact) mass is 330 g/mol. The molecule has 0 spiro atoms. The number of hydrogen-bond acceptors (Lipinski definition) is 4. The minimum Gasteiger partial charge on any atom is -0.462 e. The summed E-state index contributed by atoms with van der Waals surface area (Å²) in [7, 11) is 0. The summed E-state index contributed by atoms with van der Waals surface area (Å²) < 4.78 is 11.6. The van der Waals surface area contributed by atoms with Crippen molar-refractivity contribution in [2.24, 2.45) is 23.7 Å². The van der Waals surface area contributed by atoms with Gasteiger partial charge in [-0.15, -0.1) is 0 Å². The second-order valence-electron chi connectivity index (χ2n) is 6.73. The Balaban J connectivity index is 1.80. The lowest BCUT2D eigenvalue weighted by Crippen LogP contribution is -2.50. The van der Waals surface area contributed by atoms with Crippen LogP contribution in [0, 0.1) is 23.7 Å². The molecule has 0 aromatic rings. The number of carbonyl (C=O) groups excluding carboxylic acids is 1. The van der Waals surface area contributed by atoms with E-state index in [1.54, 1.807) is 0 Å². The fraction of sp³-hybridized carbons (Fsp3) is 0.929. The van der Waals surface area contributed by atoms with Gasteiger partial charge in [-0.05, 0) is 20.3 Å². The Morgan fingerprint density at radius 2 is 2.32 bits per heavy atom. The summed E-state index contributed by atoms with van der Waals surface area (Å²) in [5.41, 5.74) is -1.09. The summed E-state index contributed by atoms with van der Waals surface area (Å²) >= 11 is 3.72. The van der Waals surface area contributed by atoms with Crippen LogP contribution in [-0.2, 0) is 14.3 Å². The van der Waals surface area contributed by atoms with Crippen molar-refractivity contribution >= 4 is 21.9 Å². The molecule has 4 rings (SSSR count). The van der Waals surface area contributed by atoms with E-state index in [1.807, 2.05) is 13.8 Å². The van der Waals surface area contributed by atoms with Crippen LogP contribution in [0.4, 0.5) is 0 Å². The average Bonchev–Trinajstić information content (AvgIpc) is 2.60. The zero-order valence-corrected chi connectivity index (χ0v) is 12.7. The van der Waals surface area contributed by atoms with Crippen molar-refractivity contribution in [3.05, 3.63) is 0 Å². The molecule has 4 aliphatic rings. The SMILES string of the molecule is CCO[C@]12[C@H](Br)[C@H]1C[C@H]1C(=O)O[C@H]3C[C@@](C)(O)[C@@H]2[C@H]31. The Hall–Kier alpha value is -0.130. The Kier molecular flexibility index (Phi) is 2.35. The molecule has 3 saturated carbocycles. The Bertz CT molecular complexity index is 451. The predicted molar refractivity (Wildman–Crippen MR) is 70.8 cm³/mol. The molecular weight excluding hydrogens is 312 g/mol. The van der Waals surface area contributed by atoms with E-state index < -0.39 is 5.60 Å². The van der Waals surface area contributed by atoms with Crippen LogP contribution in [0.2, 0.25) is 0 Å². The van der Waals surface area contributed by atoms with Gasteiger partial charge in [0.15, 0.2) is 0 Å². The first kappa shape index (κ1) is 12.6. The summed E-state index contributed by atoms with van der Waals surface area (Å²) in [5.74, 6) is 0.365. The zero-order valence-electron chi connectivity index (χ0n) is 11.1. The van der Waals surface area contributed by atoms with Crippen molar-refractivity contribution in [3.8, 4) is 0 Å². The van der Waals surface area contributed by atoms with Crippen LogP contribution >= 0.6 is 15.9 Å². The third-order valence-corrected chi connectivity index (χ3v) is 7.13. The zero-order chi connectivity index (χ0) is 13.6. The third kappa shape index (κ3) is 1.30. The summed E-state index contributed by atoms with van der Waals surface area (Å²) in [6, 6.07) is 0. The molecule has 0 aromatic heterocycles. The van der Waals surface area contributed by atoms with E-state index in [1.165, 1.54) is 0 Å². The number of rotatable bonds is 2. The van der Waals surface area contributed by atoms with Gasteiger partial charge in [0.1, 0.15) is 6.10 Å². The van der Waals surface area contributed by atoms with Gasteiger partial charge in [-0.1, -0.05) is 15.9 Å². The van der Waals surface area contributed by atoms with Gasteiger partial charge in [0.05, 0.1) is 17.1 Å². The minimum absolute atomic E-state index is 0.00419. The fourth-order valence-electron chi connectivity index (χ4n) is 5.26. The van der Waals surface area contributed by atoms with Gasteiger partial charge < -0.3 is 14.6 Å². The molecule has 3 aliphatic carbocycles. The standard InChI is InChI=1S/C14H19BrO4/c1-3-18-14-7(11(14)15)4-6-9-8(19-12(6)16)5-13(2,17)10(9)14/h6-11,17H,3-5H2,1-2H3/t6-,7-,8+,9+,10+,11-,13-,14-/m1/s1. The van der Waals surface area contributed by atoms with Crippen molar-refractivity contribution in [2.45, 2.75) is 48.8 Å². The predicted octanol–water partition coefficient (Wildman–Crippen LogP) is 1.49. The number of esters is 1. The molecule has 19 heavy (non-hydrogen) atoms. The molecule has 4 nitrogen and oxygen atoms in total. The highest BCUT2D eigenvalue weighted by Gasteiger charge is 2.81. The maximum atomic E-state index is 12.0. The summed E-state index contributed by atoms with van der Waals surface area (Å²) in [4.78, 5) is 12.2. The highest BCUT2D eigenvalue weighted by molar-refractivity contribution is 9.09. The van der Waals surface area contributed by atoms with Gasteiger partial charge in [0.2, 0.25) is 0 Å². The van der Waals surface area contributed by atoms with Crippen molar-refractivity contribution in [1.82, 2.24) is 0 Å². The van der Waals surface area contributed by atoms with Gasteiger partial charge >= 0.3 is 5.97 Å². The van der Waals surface area contributed by atoms with Gasteiger partial charge in [0, 0.05) is 35.6 Å². The third-order valence-electron chi connectivity index (χ3n) is 5.78. The molecule has 0 bridgehead atoms. The molecule has 4 fully saturated rings. The Morgan fingerprint density at radius 1 is 1.58 bits per heavy atom. The molecule has 0 radical (unpaired) electrons. The van der Waals surface area contributed by atoms with Gasteiger partial charge in [-0.3, -0.25) is 4.79 Å². The molecule has 106 valence electrons. The maximum absolute atomic E-state index is 12.0. The maximum Gasteiger partial charge on any atom is 0.309 e. The summed E-state index contributed by atoms with van der Waals surface area (Å²) in [6.07, 6.45) is 1.27. The van der Waals surface area contributed by atoms with E-state index in [0.29, 0.717) is 18.9 Å². The number of fused-ring (bicyclic) bond motifs is 2. The number of carbonyl (C=O) groups is 1. The molecule has 1 saturated heterocycles. The van der Waals surface area contributed by atoms with Gasteiger partial charge in [-0.2, -0.15) is 0 Å². The van der Waals surface area contributed by atoms with Crippen LogP contribution < -0.4 is 0 Å². The topological polar surface area (TPSA) is 55.8 Å². The first-order valence-electron chi connectivity index (χ1n) is 7.14. The van der Waals surface area contributed by atoms with E-state index in [0.717, 1.165) is 6.42 Å². The van der Waals surface area contributed by atoms with Crippen LogP contribution in [0.1, 0.15) is 26.7 Å². The second-order valence-corrected chi connectivity index (χ2v) is 7.72. The van der Waals surface area contributed by atoms with Gasteiger partial charge in [0.25, 0.3) is 0 Å². The number of ether oxygens (including phenoxy) is 2. The van der Waals surface area contributed by atoms with Crippen LogP contribution in [0.15, 0.2) is 0 Å². The van der Waals surface area contributed by atoms with Crippen LogP contribution in [0.5, 0.6) is 0 Å². The first-order valence-corrected chi connectivity index (χ1v) is 8.06. The van der Waals surface area contributed by atoms with Gasteiger partial charge in [-0.25, -0.2) is 0 Å². The lowest BCUT2D eigenvalue weighted by molar-refractivity contribution is -0.151. The molecule has 0 unspecified atom stereocenters. The van der Waals surface area contributed by atoms with Crippen molar-refractivity contribution in [3.63, 3.8) is 0 Å². The van der Waals surface area contributed by atoms with Crippen LogP contribution in [-0.4, -0.2) is 39.8 Å². The molecule has 0 amide bonds. The Morgan fingerprint density at radius 3 is 3.00 bits per heavy atom. The smallest absolute Gasteiger partial charge is 0.309 e.